The minimum atomic E-state index is -0.138. The largest absolute Gasteiger partial charge is 0.489 e. The Morgan fingerprint density at radius 1 is 0.620 bits per heavy atom. The summed E-state index contributed by atoms with van der Waals surface area (Å²) in [6.07, 6.45) is 3.50. The molecule has 16 nitrogen and oxygen atoms in total. The van der Waals surface area contributed by atoms with Crippen LogP contribution in [0.4, 0.5) is 51.3 Å². The van der Waals surface area contributed by atoms with Crippen LogP contribution >= 0.6 is 38.6 Å². The van der Waals surface area contributed by atoms with Crippen LogP contribution < -0.4 is 51.6 Å². The Balaban J connectivity index is 0.000000189. The van der Waals surface area contributed by atoms with Crippen LogP contribution in [-0.2, 0) is 0 Å². The van der Waals surface area contributed by atoms with Crippen LogP contribution in [0.3, 0.4) is 0 Å². The van der Waals surface area contributed by atoms with Crippen molar-refractivity contribution >= 4 is 102 Å². The number of anilines is 9. The van der Waals surface area contributed by atoms with E-state index in [9.17, 15) is 9.59 Å². The molecule has 4 aromatic carbocycles. The lowest BCUT2D eigenvalue weighted by molar-refractivity contribution is 0.0956. The number of hydrogen-bond acceptors (Lipinski definition) is 14. The minimum absolute atomic E-state index is 0. The number of ether oxygens (including phenoxy) is 2. The van der Waals surface area contributed by atoms with Crippen LogP contribution in [0.2, 0.25) is 5.15 Å². The molecule has 0 spiro atoms. The zero-order chi connectivity index (χ0) is 48.6. The van der Waals surface area contributed by atoms with Crippen LogP contribution in [0.1, 0.15) is 31.8 Å². The second-order valence-electron chi connectivity index (χ2n) is 17.6. The third-order valence-electron chi connectivity index (χ3n) is 12.6. The average Bonchev–Trinajstić information content (AvgIpc) is 3.36. The molecule has 2 aromatic heterocycles. The van der Waals surface area contributed by atoms with Crippen molar-refractivity contribution in [3.63, 3.8) is 0 Å². The molecular formula is C52H65ClN12O4S2. The lowest BCUT2D eigenvalue weighted by atomic mass is 10.1. The first-order valence-electron chi connectivity index (χ1n) is 23.1. The number of nitrogens with zero attached hydrogens (tertiary/aromatic N) is 6. The van der Waals surface area contributed by atoms with Gasteiger partial charge < -0.3 is 61.4 Å². The van der Waals surface area contributed by atoms with Crippen molar-refractivity contribution < 1.29 is 19.1 Å². The number of aryl methyl sites for hydroxylation is 2. The van der Waals surface area contributed by atoms with Gasteiger partial charge in [-0.1, -0.05) is 35.9 Å². The molecule has 19 heteroatoms. The first-order valence-corrected chi connectivity index (χ1v) is 23.5. The van der Waals surface area contributed by atoms with Crippen molar-refractivity contribution in [1.29, 1.82) is 0 Å². The fourth-order valence-electron chi connectivity index (χ4n) is 8.79. The van der Waals surface area contributed by atoms with Crippen molar-refractivity contribution in [2.24, 2.45) is 0 Å². The van der Waals surface area contributed by atoms with Crippen LogP contribution in [0, 0.1) is 13.8 Å². The van der Waals surface area contributed by atoms with Gasteiger partial charge >= 0.3 is 0 Å². The van der Waals surface area contributed by atoms with E-state index < -0.39 is 0 Å². The van der Waals surface area contributed by atoms with E-state index in [2.05, 4.69) is 88.4 Å². The van der Waals surface area contributed by atoms with E-state index in [1.807, 2.05) is 80.7 Å². The molecular weight excluding hydrogens is 956 g/mol. The number of fused-ring (bicyclic) bond motifs is 6. The number of amides is 2. The maximum absolute atomic E-state index is 12.2. The molecule has 0 unspecified atom stereocenters. The van der Waals surface area contributed by atoms with Gasteiger partial charge in [-0.3, -0.25) is 9.59 Å². The van der Waals surface area contributed by atoms with Gasteiger partial charge in [-0.05, 0) is 93.7 Å². The number of nitrogens with two attached hydrogens (primary N) is 1. The van der Waals surface area contributed by atoms with E-state index in [1.165, 1.54) is 5.69 Å². The van der Waals surface area contributed by atoms with Gasteiger partial charge in [-0.15, -0.1) is 0 Å². The van der Waals surface area contributed by atoms with E-state index >= 15 is 0 Å². The van der Waals surface area contributed by atoms with Crippen LogP contribution in [0.15, 0.2) is 109 Å². The number of benzene rings is 4. The minimum Gasteiger partial charge on any atom is -0.489 e. The SMILES string of the molecule is CN1CCN2c3ccc(N)cc3OC[C@@H]2C1.CNC(=O)c1ccccc1Nc1cc(Cl)ncc1C.CNC(=O)c1ccccc1Nc1cc(Nc2ccc3c(c2)OC[C@@H]2CN(C)CCN32)ncc1C.S.S. The number of likely N-dealkylation sites (N-methyl/N-ethyl adjacent to an activating group) is 2. The Labute approximate surface area is 435 Å². The van der Waals surface area contributed by atoms with E-state index in [0.29, 0.717) is 40.8 Å². The summed E-state index contributed by atoms with van der Waals surface area (Å²) in [6.45, 7) is 11.7. The summed E-state index contributed by atoms with van der Waals surface area (Å²) in [5.41, 5.74) is 16.1. The lowest BCUT2D eigenvalue weighted by Gasteiger charge is -2.44. The number of nitrogens with one attached hydrogen (secondary N) is 5. The highest BCUT2D eigenvalue weighted by molar-refractivity contribution is 7.59. The van der Waals surface area contributed by atoms with Crippen molar-refractivity contribution in [2.45, 2.75) is 25.9 Å². The number of carbonyl (C=O) groups excluding carboxylic acids is 2. The van der Waals surface area contributed by atoms with Crippen LogP contribution in [-0.4, -0.2) is 124 Å². The summed E-state index contributed by atoms with van der Waals surface area (Å²) < 4.78 is 11.9. The summed E-state index contributed by atoms with van der Waals surface area (Å²) in [4.78, 5) is 42.2. The molecule has 2 atom stereocenters. The molecule has 4 aliphatic heterocycles. The number of rotatable bonds is 8. The molecule has 10 rings (SSSR count). The number of pyridine rings is 2. The maximum atomic E-state index is 12.2. The molecule has 2 fully saturated rings. The van der Waals surface area contributed by atoms with Gasteiger partial charge in [0, 0.05) is 107 Å². The lowest BCUT2D eigenvalue weighted by Crippen LogP contribution is -2.56. The maximum Gasteiger partial charge on any atom is 0.253 e. The number of aromatic nitrogens is 2. The van der Waals surface area contributed by atoms with E-state index in [1.54, 1.807) is 38.5 Å². The fraction of sp³-hybridized carbons (Fsp3) is 0.308. The molecule has 376 valence electrons. The van der Waals surface area contributed by atoms with Gasteiger partial charge in [0.25, 0.3) is 11.8 Å². The Bertz CT molecular complexity index is 2810. The number of piperazine rings is 2. The third kappa shape index (κ3) is 13.1. The smallest absolute Gasteiger partial charge is 0.253 e. The molecule has 6 heterocycles. The van der Waals surface area contributed by atoms with Gasteiger partial charge in [0.15, 0.2) is 0 Å². The van der Waals surface area contributed by atoms with Gasteiger partial charge in [-0.2, -0.15) is 27.0 Å². The zero-order valence-corrected chi connectivity index (χ0v) is 43.7. The summed E-state index contributed by atoms with van der Waals surface area (Å²) in [5.74, 6) is 2.26. The Kier molecular flexibility index (Phi) is 18.6. The molecule has 0 saturated carbocycles. The van der Waals surface area contributed by atoms with Crippen LogP contribution in [0.25, 0.3) is 0 Å². The molecule has 4 aliphatic rings. The highest BCUT2D eigenvalue weighted by atomic mass is 35.5. The first-order chi connectivity index (χ1) is 33.4. The van der Waals surface area contributed by atoms with Gasteiger partial charge in [0.2, 0.25) is 0 Å². The number of carbonyl (C=O) groups is 2. The topological polar surface area (TPSA) is 178 Å². The Morgan fingerprint density at radius 2 is 1.11 bits per heavy atom. The van der Waals surface area contributed by atoms with Gasteiger partial charge in [0.1, 0.15) is 35.7 Å². The molecule has 2 saturated heterocycles. The Morgan fingerprint density at radius 3 is 1.66 bits per heavy atom. The predicted octanol–water partition coefficient (Wildman–Crippen LogP) is 7.90. The second-order valence-corrected chi connectivity index (χ2v) is 18.0. The summed E-state index contributed by atoms with van der Waals surface area (Å²) in [6, 6.07) is 31.5. The van der Waals surface area contributed by atoms with Crippen molar-refractivity contribution in [1.82, 2.24) is 30.4 Å². The normalized spacial score (nSPS) is 16.5. The standard InChI is InChI=1S/C26H30N6O2.C14H14ClN3O.C12H17N3O.2H2S/c1-17-14-28-25(13-22(17)30-21-7-5-4-6-20(21)26(33)27-2)29-18-8-9-23-24(12-18)34-16-19-15-31(3)10-11-32(19)23;1-9-8-17-13(15)7-12(9)18-11-6-4-3-5-10(11)14(19)16-2;1-14-4-5-15-10(7-14)8-16-12-6-9(13)2-3-11(12)15;;/h4-9,12-14,19H,10-11,15-16H2,1-3H3,(H,27,33)(H2,28,29,30);3-8H,1-2H3,(H,16,19)(H,17,18);2-3,6,10H,4-5,7-8,13H2,1H3;2*1H2/t19-;;10-;;/m0.0../s1. The van der Waals surface area contributed by atoms with E-state index in [0.717, 1.165) is 108 Å². The summed E-state index contributed by atoms with van der Waals surface area (Å²) in [5, 5.41) is 15.7. The molecule has 71 heavy (non-hydrogen) atoms. The van der Waals surface area contributed by atoms with Crippen molar-refractivity contribution in [2.75, 3.05) is 112 Å². The molecule has 7 N–H and O–H groups in total. The number of hydrogen-bond donors (Lipinski definition) is 6. The van der Waals surface area contributed by atoms with E-state index in [4.69, 9.17) is 26.8 Å². The quantitative estimate of drug-likeness (QED) is 0.0641. The van der Waals surface area contributed by atoms with Gasteiger partial charge in [0.05, 0.1) is 46.0 Å². The second kappa shape index (κ2) is 24.5. The Hall–Kier alpha value is -6.57. The van der Waals surface area contributed by atoms with Crippen molar-refractivity contribution in [3.8, 4) is 11.5 Å². The van der Waals surface area contributed by atoms with Gasteiger partial charge in [-0.25, -0.2) is 9.97 Å². The fourth-order valence-corrected chi connectivity index (χ4v) is 8.95. The third-order valence-corrected chi connectivity index (χ3v) is 12.8. The first kappa shape index (κ1) is 53.8. The summed E-state index contributed by atoms with van der Waals surface area (Å²) >= 11 is 5.88. The number of halogens is 1. The highest BCUT2D eigenvalue weighted by Gasteiger charge is 2.33. The number of nitrogen functional groups attached to an aromatic ring is 1. The molecule has 0 aliphatic carbocycles. The monoisotopic (exact) mass is 1020 g/mol. The predicted molar refractivity (Wildman–Crippen MR) is 299 cm³/mol. The summed E-state index contributed by atoms with van der Waals surface area (Å²) in [7, 11) is 7.56. The zero-order valence-electron chi connectivity index (χ0n) is 41.0. The molecule has 2 amide bonds. The average molecular weight is 1020 g/mol. The van der Waals surface area contributed by atoms with E-state index in [-0.39, 0.29) is 38.8 Å². The van der Waals surface area contributed by atoms with Crippen LogP contribution in [0.5, 0.6) is 11.5 Å². The van der Waals surface area contributed by atoms with Crippen molar-refractivity contribution in [3.05, 3.63) is 137 Å². The highest BCUT2D eigenvalue weighted by Crippen LogP contribution is 2.39. The number of para-hydroxylation sites is 2. The molecule has 6 aromatic rings. The molecule has 0 bridgehead atoms. The molecule has 0 radical (unpaired) electrons.